The van der Waals surface area contributed by atoms with Crippen molar-refractivity contribution >= 4 is 56.2 Å². The second-order valence-corrected chi connectivity index (χ2v) is 9.05. The number of rotatable bonds is 5. The highest BCUT2D eigenvalue weighted by Gasteiger charge is 2.27. The number of anilines is 1. The highest BCUT2D eigenvalue weighted by Crippen LogP contribution is 2.25. The van der Waals surface area contributed by atoms with Crippen molar-refractivity contribution in [2.45, 2.75) is 32.2 Å². The summed E-state index contributed by atoms with van der Waals surface area (Å²) in [5.41, 5.74) is 0.682. The molecule has 0 spiro atoms. The molecule has 2 N–H and O–H groups in total. The third-order valence-corrected chi connectivity index (χ3v) is 6.67. The van der Waals surface area contributed by atoms with Crippen LogP contribution in [0.2, 0.25) is 10.0 Å². The fourth-order valence-corrected chi connectivity index (χ4v) is 4.87. The molecule has 0 aromatic heterocycles. The minimum atomic E-state index is -3.12. The number of nitrogens with one attached hydrogen (secondary N) is 2. The molecule has 0 amide bonds. The largest absolute Gasteiger partial charge is 0.360 e. The Bertz CT molecular complexity index is 690. The van der Waals surface area contributed by atoms with Gasteiger partial charge in [0.05, 0.1) is 16.5 Å². The molecular formula is C15H21Cl2N3O2S2. The van der Waals surface area contributed by atoms with Crippen molar-refractivity contribution in [1.29, 1.82) is 0 Å². The van der Waals surface area contributed by atoms with Crippen LogP contribution in [0.25, 0.3) is 0 Å². The van der Waals surface area contributed by atoms with Gasteiger partial charge in [0.25, 0.3) is 0 Å². The Balaban J connectivity index is 1.84. The Morgan fingerprint density at radius 3 is 2.58 bits per heavy atom. The molecule has 5 nitrogen and oxygen atoms in total. The van der Waals surface area contributed by atoms with Gasteiger partial charge in [0.1, 0.15) is 0 Å². The van der Waals surface area contributed by atoms with Gasteiger partial charge in [-0.3, -0.25) is 0 Å². The molecule has 0 atom stereocenters. The minimum Gasteiger partial charge on any atom is -0.360 e. The predicted octanol–water partition coefficient (Wildman–Crippen LogP) is 3.48. The first-order valence-electron chi connectivity index (χ1n) is 7.82. The monoisotopic (exact) mass is 409 g/mol. The molecule has 1 aliphatic rings. The maximum absolute atomic E-state index is 12.1. The lowest BCUT2D eigenvalue weighted by atomic mass is 10.1. The predicted molar refractivity (Wildman–Crippen MR) is 104 cm³/mol. The van der Waals surface area contributed by atoms with Crippen molar-refractivity contribution in [2.75, 3.05) is 24.2 Å². The summed E-state index contributed by atoms with van der Waals surface area (Å²) in [5.74, 6) is 0.208. The number of benzene rings is 1. The van der Waals surface area contributed by atoms with E-state index in [1.165, 1.54) is 0 Å². The standard InChI is InChI=1S/C15H21Cl2N3O2S2/c1-2-9-24(21,22)20-7-5-12(6-8-20)18-15(23)19-14-4-3-11(16)10-13(14)17/h3-4,10,12H,2,5-9H2,1H3,(H2,18,19,23). The van der Waals surface area contributed by atoms with E-state index < -0.39 is 10.0 Å². The number of nitrogens with zero attached hydrogens (tertiary/aromatic N) is 1. The van der Waals surface area contributed by atoms with Crippen LogP contribution in [0.5, 0.6) is 0 Å². The van der Waals surface area contributed by atoms with Gasteiger partial charge < -0.3 is 10.6 Å². The molecule has 9 heteroatoms. The molecule has 1 aromatic rings. The first kappa shape index (κ1) is 19.7. The number of hydrogen-bond acceptors (Lipinski definition) is 3. The molecule has 2 rings (SSSR count). The molecule has 1 aliphatic heterocycles. The van der Waals surface area contributed by atoms with E-state index in [0.29, 0.717) is 40.4 Å². The van der Waals surface area contributed by atoms with E-state index in [1.54, 1.807) is 22.5 Å². The van der Waals surface area contributed by atoms with Gasteiger partial charge in [0.15, 0.2) is 5.11 Å². The Morgan fingerprint density at radius 1 is 1.33 bits per heavy atom. The summed E-state index contributed by atoms with van der Waals surface area (Å²) in [6.07, 6.45) is 2.08. The van der Waals surface area contributed by atoms with Crippen LogP contribution >= 0.6 is 35.4 Å². The lowest BCUT2D eigenvalue weighted by molar-refractivity contribution is 0.308. The molecule has 0 saturated carbocycles. The van der Waals surface area contributed by atoms with Crippen LogP contribution < -0.4 is 10.6 Å². The summed E-state index contributed by atoms with van der Waals surface area (Å²) >= 11 is 17.3. The van der Waals surface area contributed by atoms with Crippen molar-refractivity contribution in [3.05, 3.63) is 28.2 Å². The van der Waals surface area contributed by atoms with E-state index in [9.17, 15) is 8.42 Å². The van der Waals surface area contributed by atoms with E-state index >= 15 is 0 Å². The van der Waals surface area contributed by atoms with Crippen molar-refractivity contribution in [3.63, 3.8) is 0 Å². The summed E-state index contributed by atoms with van der Waals surface area (Å²) in [5, 5.41) is 7.78. The molecule has 0 radical (unpaired) electrons. The highest BCUT2D eigenvalue weighted by atomic mass is 35.5. The lowest BCUT2D eigenvalue weighted by Gasteiger charge is -2.32. The Kier molecular flexibility index (Phi) is 7.12. The molecule has 134 valence electrons. The highest BCUT2D eigenvalue weighted by molar-refractivity contribution is 7.89. The number of hydrogen-bond donors (Lipinski definition) is 2. The molecule has 1 aromatic carbocycles. The van der Waals surface area contributed by atoms with Crippen LogP contribution in [0, 0.1) is 0 Å². The second-order valence-electron chi connectivity index (χ2n) is 5.71. The van der Waals surface area contributed by atoms with Crippen LogP contribution in [0.3, 0.4) is 0 Å². The molecule has 24 heavy (non-hydrogen) atoms. The van der Waals surface area contributed by atoms with Crippen molar-refractivity contribution in [1.82, 2.24) is 9.62 Å². The van der Waals surface area contributed by atoms with Gasteiger partial charge >= 0.3 is 0 Å². The molecule has 0 bridgehead atoms. The van der Waals surface area contributed by atoms with E-state index in [0.717, 1.165) is 12.8 Å². The fourth-order valence-electron chi connectivity index (χ4n) is 2.60. The topological polar surface area (TPSA) is 61.4 Å². The van der Waals surface area contributed by atoms with Crippen LogP contribution in [-0.2, 0) is 10.0 Å². The third kappa shape index (κ3) is 5.46. The number of thiocarbonyl (C=S) groups is 1. The zero-order chi connectivity index (χ0) is 17.7. The fraction of sp³-hybridized carbons (Fsp3) is 0.533. The number of sulfonamides is 1. The van der Waals surface area contributed by atoms with Gasteiger partial charge in [0.2, 0.25) is 10.0 Å². The van der Waals surface area contributed by atoms with Gasteiger partial charge in [-0.1, -0.05) is 30.1 Å². The smallest absolute Gasteiger partial charge is 0.214 e. The van der Waals surface area contributed by atoms with Crippen LogP contribution in [0.4, 0.5) is 5.69 Å². The molecular weight excluding hydrogens is 389 g/mol. The average molecular weight is 410 g/mol. The van der Waals surface area contributed by atoms with Gasteiger partial charge in [0, 0.05) is 24.2 Å². The summed E-state index contributed by atoms with van der Waals surface area (Å²) in [4.78, 5) is 0. The first-order valence-corrected chi connectivity index (χ1v) is 10.6. The zero-order valence-corrected chi connectivity index (χ0v) is 16.5. The van der Waals surface area contributed by atoms with Gasteiger partial charge in [-0.15, -0.1) is 0 Å². The van der Waals surface area contributed by atoms with Gasteiger partial charge in [-0.25, -0.2) is 12.7 Å². The summed E-state index contributed by atoms with van der Waals surface area (Å²) in [6, 6.07) is 5.28. The van der Waals surface area contributed by atoms with Gasteiger partial charge in [-0.05, 0) is 49.7 Å². The van der Waals surface area contributed by atoms with Crippen molar-refractivity contribution in [2.24, 2.45) is 0 Å². The maximum Gasteiger partial charge on any atom is 0.214 e. The van der Waals surface area contributed by atoms with E-state index in [2.05, 4.69) is 10.6 Å². The zero-order valence-electron chi connectivity index (χ0n) is 13.4. The molecule has 1 fully saturated rings. The Hall–Kier alpha value is -0.600. The van der Waals surface area contributed by atoms with Crippen LogP contribution in [-0.4, -0.2) is 42.7 Å². The van der Waals surface area contributed by atoms with Crippen molar-refractivity contribution in [3.8, 4) is 0 Å². The molecule has 1 heterocycles. The second kappa shape index (κ2) is 8.67. The van der Waals surface area contributed by atoms with E-state index in [4.69, 9.17) is 35.4 Å². The number of halogens is 2. The molecule has 1 saturated heterocycles. The van der Waals surface area contributed by atoms with Crippen molar-refractivity contribution < 1.29 is 8.42 Å². The summed E-state index contributed by atoms with van der Waals surface area (Å²) < 4.78 is 25.7. The SMILES string of the molecule is CCCS(=O)(=O)N1CCC(NC(=S)Nc2ccc(Cl)cc2Cl)CC1. The Labute approximate surface area is 158 Å². The van der Waals surface area contributed by atoms with Gasteiger partial charge in [-0.2, -0.15) is 0 Å². The molecule has 0 aliphatic carbocycles. The third-order valence-electron chi connectivity index (χ3n) is 3.82. The lowest BCUT2D eigenvalue weighted by Crippen LogP contribution is -2.47. The van der Waals surface area contributed by atoms with Crippen LogP contribution in [0.1, 0.15) is 26.2 Å². The number of piperidine rings is 1. The maximum atomic E-state index is 12.1. The van der Waals surface area contributed by atoms with Crippen LogP contribution in [0.15, 0.2) is 18.2 Å². The summed E-state index contributed by atoms with van der Waals surface area (Å²) in [7, 11) is -3.12. The average Bonchev–Trinajstić information content (AvgIpc) is 2.50. The normalized spacial score (nSPS) is 16.8. The quantitative estimate of drug-likeness (QED) is 0.728. The minimum absolute atomic E-state index is 0.143. The van der Waals surface area contributed by atoms with E-state index in [1.807, 2.05) is 6.92 Å². The summed E-state index contributed by atoms with van der Waals surface area (Å²) in [6.45, 7) is 2.91. The molecule has 0 unspecified atom stereocenters. The van der Waals surface area contributed by atoms with E-state index in [-0.39, 0.29) is 11.8 Å². The Morgan fingerprint density at radius 2 is 2.00 bits per heavy atom. The first-order chi connectivity index (χ1) is 11.3.